The number of aromatic nitrogens is 4. The Bertz CT molecular complexity index is 875. The first-order chi connectivity index (χ1) is 12.0. The number of carbonyl (C=O) groups is 1. The van der Waals surface area contributed by atoms with Crippen molar-refractivity contribution in [2.45, 2.75) is 19.5 Å². The minimum atomic E-state index is -0.149. The van der Waals surface area contributed by atoms with Crippen molar-refractivity contribution in [3.05, 3.63) is 62.9 Å². The van der Waals surface area contributed by atoms with Gasteiger partial charge in [-0.05, 0) is 33.6 Å². The lowest BCUT2D eigenvalue weighted by atomic mass is 10.2. The number of nitrogens with zero attached hydrogens (tertiary/aromatic N) is 4. The first kappa shape index (κ1) is 18.0. The molecule has 0 radical (unpaired) electrons. The molecule has 130 valence electrons. The normalized spacial score (nSPS) is 10.8. The van der Waals surface area contributed by atoms with Crippen LogP contribution in [0, 0.1) is 0 Å². The smallest absolute Gasteiger partial charge is 0.227 e. The summed E-state index contributed by atoms with van der Waals surface area (Å²) in [5, 5.41) is 12.5. The predicted molar refractivity (Wildman–Crippen MR) is 101 cm³/mol. The largest absolute Gasteiger partial charge is 0.308 e. The van der Waals surface area contributed by atoms with Gasteiger partial charge in [-0.15, -0.1) is 0 Å². The second-order valence-corrected chi connectivity index (χ2v) is 7.10. The Kier molecular flexibility index (Phi) is 5.78. The molecular weight excluding hydrogens is 429 g/mol. The Hall–Kier alpha value is -1.83. The van der Waals surface area contributed by atoms with E-state index in [4.69, 9.17) is 23.2 Å². The van der Waals surface area contributed by atoms with Crippen LogP contribution in [0.1, 0.15) is 12.0 Å². The highest BCUT2D eigenvalue weighted by Gasteiger charge is 2.11. The van der Waals surface area contributed by atoms with Crippen LogP contribution < -0.4 is 5.32 Å². The summed E-state index contributed by atoms with van der Waals surface area (Å²) in [7, 11) is 0. The summed E-state index contributed by atoms with van der Waals surface area (Å²) in [6.45, 7) is 1.03. The minimum Gasteiger partial charge on any atom is -0.308 e. The van der Waals surface area contributed by atoms with Crippen molar-refractivity contribution < 1.29 is 4.79 Å². The van der Waals surface area contributed by atoms with E-state index < -0.39 is 0 Å². The quantitative estimate of drug-likeness (QED) is 0.621. The van der Waals surface area contributed by atoms with Gasteiger partial charge in [0.25, 0.3) is 0 Å². The zero-order valence-electron chi connectivity index (χ0n) is 13.0. The van der Waals surface area contributed by atoms with Crippen LogP contribution in [0.2, 0.25) is 10.0 Å². The number of hydrogen-bond acceptors (Lipinski definition) is 3. The number of amides is 1. The predicted octanol–water partition coefficient (Wildman–Crippen LogP) is 4.23. The molecule has 0 aliphatic rings. The molecular formula is C16H14BrCl2N5O. The number of halogens is 3. The van der Waals surface area contributed by atoms with Gasteiger partial charge in [-0.25, -0.2) is 0 Å². The van der Waals surface area contributed by atoms with Gasteiger partial charge in [0.1, 0.15) is 0 Å². The topological polar surface area (TPSA) is 64.7 Å². The van der Waals surface area contributed by atoms with Gasteiger partial charge in [0, 0.05) is 30.4 Å². The fourth-order valence-corrected chi connectivity index (χ4v) is 2.91. The average Bonchev–Trinajstić information content (AvgIpc) is 3.14. The van der Waals surface area contributed by atoms with E-state index in [1.165, 1.54) is 6.20 Å². The number of benzene rings is 1. The Balaban J connectivity index is 1.58. The minimum absolute atomic E-state index is 0.149. The molecule has 0 unspecified atom stereocenters. The Labute approximate surface area is 162 Å². The molecule has 0 aliphatic heterocycles. The summed E-state index contributed by atoms with van der Waals surface area (Å²) >= 11 is 15.1. The first-order valence-corrected chi connectivity index (χ1v) is 9.00. The molecule has 6 nitrogen and oxygen atoms in total. The lowest BCUT2D eigenvalue weighted by Gasteiger charge is -2.04. The lowest BCUT2D eigenvalue weighted by Crippen LogP contribution is -2.15. The highest BCUT2D eigenvalue weighted by molar-refractivity contribution is 9.10. The van der Waals surface area contributed by atoms with Gasteiger partial charge in [-0.2, -0.15) is 10.2 Å². The molecule has 1 amide bonds. The van der Waals surface area contributed by atoms with Crippen LogP contribution in [-0.4, -0.2) is 25.5 Å². The van der Waals surface area contributed by atoms with E-state index >= 15 is 0 Å². The van der Waals surface area contributed by atoms with Crippen molar-refractivity contribution in [1.82, 2.24) is 19.6 Å². The molecule has 2 aromatic heterocycles. The second-order valence-electron chi connectivity index (χ2n) is 5.37. The molecule has 1 N–H and O–H groups in total. The van der Waals surface area contributed by atoms with E-state index in [-0.39, 0.29) is 12.3 Å². The van der Waals surface area contributed by atoms with E-state index in [0.29, 0.717) is 29.0 Å². The summed E-state index contributed by atoms with van der Waals surface area (Å²) in [6, 6.07) is 7.54. The first-order valence-electron chi connectivity index (χ1n) is 7.45. The van der Waals surface area contributed by atoms with Gasteiger partial charge in [-0.1, -0.05) is 35.3 Å². The fraction of sp³-hybridized carbons (Fsp3) is 0.188. The number of anilines is 1. The highest BCUT2D eigenvalue weighted by atomic mass is 79.9. The average molecular weight is 443 g/mol. The molecule has 9 heteroatoms. The summed E-state index contributed by atoms with van der Waals surface area (Å²) in [5.74, 6) is 0.335. The molecule has 3 aromatic rings. The van der Waals surface area contributed by atoms with Gasteiger partial charge >= 0.3 is 0 Å². The Morgan fingerprint density at radius 1 is 1.12 bits per heavy atom. The van der Waals surface area contributed by atoms with Crippen molar-refractivity contribution >= 4 is 50.9 Å². The second kappa shape index (κ2) is 8.03. The molecule has 1 aromatic carbocycles. The zero-order chi connectivity index (χ0) is 17.8. The van der Waals surface area contributed by atoms with E-state index in [1.807, 2.05) is 30.5 Å². The molecule has 3 rings (SSSR count). The number of carbonyl (C=O) groups excluding carboxylic acids is 1. The molecule has 25 heavy (non-hydrogen) atoms. The molecule has 0 saturated heterocycles. The molecule has 0 aliphatic carbocycles. The standard InChI is InChI=1S/C16H14BrCl2N5O/c17-14-10-24(8-11-1-3-12(18)4-2-11)22-16(14)21-15(25)5-6-23-9-13(19)7-20-23/h1-4,7,9-10H,5-6,8H2,(H,21,22,25). The summed E-state index contributed by atoms with van der Waals surface area (Å²) in [5.41, 5.74) is 1.06. The van der Waals surface area contributed by atoms with Crippen LogP contribution in [0.25, 0.3) is 0 Å². The van der Waals surface area contributed by atoms with Crippen LogP contribution >= 0.6 is 39.1 Å². The summed E-state index contributed by atoms with van der Waals surface area (Å²) < 4.78 is 4.09. The Morgan fingerprint density at radius 3 is 2.56 bits per heavy atom. The maximum absolute atomic E-state index is 12.1. The van der Waals surface area contributed by atoms with E-state index in [2.05, 4.69) is 31.4 Å². The molecule has 0 saturated carbocycles. The van der Waals surface area contributed by atoms with Gasteiger partial charge in [0.05, 0.1) is 22.2 Å². The molecule has 0 fully saturated rings. The maximum Gasteiger partial charge on any atom is 0.227 e. The number of nitrogens with one attached hydrogen (secondary N) is 1. The van der Waals surface area contributed by atoms with Crippen LogP contribution in [0.5, 0.6) is 0 Å². The van der Waals surface area contributed by atoms with Crippen LogP contribution in [0.4, 0.5) is 5.82 Å². The third kappa shape index (κ3) is 5.07. The third-order valence-corrected chi connectivity index (χ3v) is 4.43. The molecule has 2 heterocycles. The zero-order valence-corrected chi connectivity index (χ0v) is 16.1. The van der Waals surface area contributed by atoms with Crippen molar-refractivity contribution in [2.75, 3.05) is 5.32 Å². The monoisotopic (exact) mass is 441 g/mol. The summed E-state index contributed by atoms with van der Waals surface area (Å²) in [4.78, 5) is 12.1. The van der Waals surface area contributed by atoms with Crippen LogP contribution in [0.15, 0.2) is 47.3 Å². The third-order valence-electron chi connectivity index (χ3n) is 3.40. The lowest BCUT2D eigenvalue weighted by molar-refractivity contribution is -0.116. The highest BCUT2D eigenvalue weighted by Crippen LogP contribution is 2.21. The van der Waals surface area contributed by atoms with E-state index in [9.17, 15) is 4.79 Å². The SMILES string of the molecule is O=C(CCn1cc(Cl)cn1)Nc1nn(Cc2ccc(Cl)cc2)cc1Br. The van der Waals surface area contributed by atoms with Crippen molar-refractivity contribution in [2.24, 2.45) is 0 Å². The van der Waals surface area contributed by atoms with Gasteiger partial charge in [-0.3, -0.25) is 14.2 Å². The number of hydrogen-bond donors (Lipinski definition) is 1. The van der Waals surface area contributed by atoms with Gasteiger partial charge < -0.3 is 5.32 Å². The molecule has 0 atom stereocenters. The van der Waals surface area contributed by atoms with E-state index in [0.717, 1.165) is 10.0 Å². The van der Waals surface area contributed by atoms with Crippen molar-refractivity contribution in [3.8, 4) is 0 Å². The molecule has 0 spiro atoms. The maximum atomic E-state index is 12.1. The van der Waals surface area contributed by atoms with Gasteiger partial charge in [0.15, 0.2) is 5.82 Å². The van der Waals surface area contributed by atoms with Crippen LogP contribution in [-0.2, 0) is 17.9 Å². The Morgan fingerprint density at radius 2 is 1.88 bits per heavy atom. The van der Waals surface area contributed by atoms with Crippen molar-refractivity contribution in [1.29, 1.82) is 0 Å². The molecule has 0 bridgehead atoms. The number of aryl methyl sites for hydroxylation is 1. The van der Waals surface area contributed by atoms with Crippen LogP contribution in [0.3, 0.4) is 0 Å². The summed E-state index contributed by atoms with van der Waals surface area (Å²) in [6.07, 6.45) is 5.30. The van der Waals surface area contributed by atoms with E-state index in [1.54, 1.807) is 15.6 Å². The number of rotatable bonds is 6. The van der Waals surface area contributed by atoms with Gasteiger partial charge in [0.2, 0.25) is 5.91 Å². The van der Waals surface area contributed by atoms with Crippen molar-refractivity contribution in [3.63, 3.8) is 0 Å². The fourth-order valence-electron chi connectivity index (χ4n) is 2.21.